The third kappa shape index (κ3) is 13.6. The summed E-state index contributed by atoms with van der Waals surface area (Å²) in [5.41, 5.74) is 3.36. The van der Waals surface area contributed by atoms with Gasteiger partial charge in [-0.05, 0) is 111 Å². The first-order chi connectivity index (χ1) is 35.6. The molecule has 0 aromatic heterocycles. The second-order valence-electron chi connectivity index (χ2n) is 21.4. The Hall–Kier alpha value is -7.62. The van der Waals surface area contributed by atoms with Gasteiger partial charge in [-0.2, -0.15) is 0 Å². The Labute approximate surface area is 437 Å². The number of aryl methyl sites for hydroxylation is 1. The van der Waals surface area contributed by atoms with Crippen LogP contribution in [0.25, 0.3) is 21.9 Å². The van der Waals surface area contributed by atoms with E-state index in [1.54, 1.807) is 0 Å². The second-order valence-corrected chi connectivity index (χ2v) is 21.4. The van der Waals surface area contributed by atoms with Crippen LogP contribution in [0, 0.1) is 0 Å². The number of amides is 5. The predicted octanol–water partition coefficient (Wildman–Crippen LogP) is 8.07. The zero-order chi connectivity index (χ0) is 54.1. The van der Waals surface area contributed by atoms with Gasteiger partial charge in [0.2, 0.25) is 23.6 Å². The van der Waals surface area contributed by atoms with Crippen LogP contribution in [0.2, 0.25) is 0 Å². The molecule has 0 spiro atoms. The standard InChI is InChI=1S/C59H68FN5O10/c1-56(2,3)74-53(70)59(60,54(71)75-57(4,5)6)40-29-27-37(28-30-40)34-47(64-55(72)73-36-46-44-25-12-10-23-42(44)43-24-11-13-26-45(43)46)51(68)65-58(31-14-7-15-32-58)52(69)63-48(35-49(61)66)50(67)62-33-17-21-39-20-16-19-38-18-8-9-22-41(38)39/h8-13,16,18-20,22-30,46-48H,7,14-15,17,21,31-36H2,1-6H3,(H2,61,66)(H,62,67)(H,63,69)(H,64,72)(H,65,68)/t47-,48-/m0/s1. The molecule has 0 radical (unpaired) electrons. The number of nitrogens with one attached hydrogen (secondary N) is 4. The van der Waals surface area contributed by atoms with Crippen molar-refractivity contribution in [2.45, 2.75) is 140 Å². The van der Waals surface area contributed by atoms with E-state index in [-0.39, 0.29) is 38.3 Å². The Kier molecular flexibility index (Phi) is 17.1. The fourth-order valence-corrected chi connectivity index (χ4v) is 9.83. The van der Waals surface area contributed by atoms with Crippen molar-refractivity contribution in [3.05, 3.63) is 143 Å². The molecular weight excluding hydrogens is 958 g/mol. The molecule has 1 saturated carbocycles. The van der Waals surface area contributed by atoms with Gasteiger partial charge in [-0.1, -0.05) is 135 Å². The molecule has 0 saturated heterocycles. The van der Waals surface area contributed by atoms with Crippen LogP contribution < -0.4 is 27.0 Å². The summed E-state index contributed by atoms with van der Waals surface area (Å²) in [5, 5.41) is 13.4. The molecule has 15 nitrogen and oxygen atoms in total. The fraction of sp³-hybridized carbons (Fsp3) is 0.407. The van der Waals surface area contributed by atoms with E-state index in [1.807, 2.05) is 91.0 Å². The van der Waals surface area contributed by atoms with E-state index in [9.17, 15) is 33.6 Å². The monoisotopic (exact) mass is 1030 g/mol. The number of esters is 2. The molecule has 16 heteroatoms. The number of ether oxygens (including phenoxy) is 3. The third-order valence-corrected chi connectivity index (χ3v) is 13.4. The van der Waals surface area contributed by atoms with E-state index in [2.05, 4.69) is 21.3 Å². The highest BCUT2D eigenvalue weighted by Gasteiger charge is 2.54. The molecule has 0 unspecified atom stereocenters. The van der Waals surface area contributed by atoms with Gasteiger partial charge >= 0.3 is 23.7 Å². The van der Waals surface area contributed by atoms with Crippen molar-refractivity contribution >= 4 is 52.4 Å². The van der Waals surface area contributed by atoms with Crippen LogP contribution in [0.15, 0.2) is 115 Å². The van der Waals surface area contributed by atoms with Crippen molar-refractivity contribution in [2.24, 2.45) is 5.73 Å². The first-order valence-corrected chi connectivity index (χ1v) is 25.6. The minimum Gasteiger partial charge on any atom is -0.457 e. The number of carbonyl (C=O) groups excluding carboxylic acids is 7. The smallest absolute Gasteiger partial charge is 0.407 e. The maximum absolute atomic E-state index is 17.1. The predicted molar refractivity (Wildman–Crippen MR) is 282 cm³/mol. The lowest BCUT2D eigenvalue weighted by molar-refractivity contribution is -0.188. The average Bonchev–Trinajstić information content (AvgIpc) is 3.68. The van der Waals surface area contributed by atoms with E-state index in [1.165, 1.54) is 65.8 Å². The summed E-state index contributed by atoms with van der Waals surface area (Å²) in [5.74, 6) is -6.19. The first kappa shape index (κ1) is 55.1. The van der Waals surface area contributed by atoms with Gasteiger partial charge in [0.1, 0.15) is 35.4 Å². The summed E-state index contributed by atoms with van der Waals surface area (Å²) in [6, 6.07) is 32.1. The molecule has 0 aliphatic heterocycles. The Morgan fingerprint density at radius 1 is 0.680 bits per heavy atom. The number of primary amides is 1. The Morgan fingerprint density at radius 3 is 1.85 bits per heavy atom. The van der Waals surface area contributed by atoms with E-state index < -0.39 is 88.1 Å². The van der Waals surface area contributed by atoms with E-state index in [0.29, 0.717) is 31.2 Å². The minimum atomic E-state index is -3.38. The number of alkyl carbamates (subject to hydrolysis) is 1. The average molecular weight is 1030 g/mol. The van der Waals surface area contributed by atoms with Gasteiger partial charge in [0.05, 0.1) is 6.42 Å². The number of halogens is 1. The number of fused-ring (bicyclic) bond motifs is 4. The van der Waals surface area contributed by atoms with Crippen LogP contribution >= 0.6 is 0 Å². The number of rotatable bonds is 19. The summed E-state index contributed by atoms with van der Waals surface area (Å²) >= 11 is 0. The molecule has 396 valence electrons. The molecule has 5 aromatic rings. The summed E-state index contributed by atoms with van der Waals surface area (Å²) in [6.45, 7) is 9.37. The number of nitrogens with two attached hydrogens (primary N) is 1. The molecule has 6 N–H and O–H groups in total. The molecule has 5 amide bonds. The summed E-state index contributed by atoms with van der Waals surface area (Å²) < 4.78 is 33.7. The van der Waals surface area contributed by atoms with Crippen molar-refractivity contribution in [3.63, 3.8) is 0 Å². The van der Waals surface area contributed by atoms with Gasteiger partial charge in [0.25, 0.3) is 0 Å². The van der Waals surface area contributed by atoms with E-state index in [0.717, 1.165) is 45.0 Å². The molecule has 2 aliphatic rings. The highest BCUT2D eigenvalue weighted by molar-refractivity contribution is 6.05. The van der Waals surface area contributed by atoms with E-state index >= 15 is 4.39 Å². The SMILES string of the molecule is CC(C)(C)OC(=O)C(F)(C(=O)OC(C)(C)C)c1ccc(C[C@H](NC(=O)OCC2c3ccccc3-c3ccccc32)C(=O)NC2(C(=O)N[C@@H](CC(N)=O)C(=O)NCCCc3cccc4ccccc34)CCCCC2)cc1. The number of carbonyl (C=O) groups is 7. The van der Waals surface area contributed by atoms with Crippen molar-refractivity contribution in [1.29, 1.82) is 0 Å². The Morgan fingerprint density at radius 2 is 1.25 bits per heavy atom. The zero-order valence-corrected chi connectivity index (χ0v) is 43.5. The van der Waals surface area contributed by atoms with Crippen LogP contribution in [0.3, 0.4) is 0 Å². The topological polar surface area (TPSA) is 221 Å². The van der Waals surface area contributed by atoms with Gasteiger partial charge in [-0.3, -0.25) is 19.2 Å². The van der Waals surface area contributed by atoms with Crippen molar-refractivity contribution in [3.8, 4) is 11.1 Å². The zero-order valence-electron chi connectivity index (χ0n) is 43.5. The maximum atomic E-state index is 17.1. The molecule has 7 rings (SSSR count). The highest BCUT2D eigenvalue weighted by Crippen LogP contribution is 2.44. The summed E-state index contributed by atoms with van der Waals surface area (Å²) in [4.78, 5) is 96.3. The quantitative estimate of drug-likeness (QED) is 0.0232. The molecule has 5 aromatic carbocycles. The van der Waals surface area contributed by atoms with Gasteiger partial charge in [-0.25, -0.2) is 18.8 Å². The number of hydrogen-bond acceptors (Lipinski definition) is 10. The van der Waals surface area contributed by atoms with Gasteiger partial charge < -0.3 is 41.2 Å². The summed E-state index contributed by atoms with van der Waals surface area (Å²) in [6.07, 6.45) is 1.69. The van der Waals surface area contributed by atoms with Gasteiger partial charge in [0.15, 0.2) is 0 Å². The van der Waals surface area contributed by atoms with Crippen LogP contribution in [-0.2, 0) is 61.5 Å². The first-order valence-electron chi connectivity index (χ1n) is 25.6. The van der Waals surface area contributed by atoms with Crippen LogP contribution in [0.1, 0.15) is 120 Å². The largest absolute Gasteiger partial charge is 0.457 e. The lowest BCUT2D eigenvalue weighted by Gasteiger charge is -2.38. The highest BCUT2D eigenvalue weighted by atomic mass is 19.1. The molecule has 1 fully saturated rings. The van der Waals surface area contributed by atoms with Gasteiger partial charge in [0, 0.05) is 24.4 Å². The Balaban J connectivity index is 1.11. The molecule has 2 atom stereocenters. The molecular formula is C59H68FN5O10. The van der Waals surface area contributed by atoms with Gasteiger partial charge in [-0.15, -0.1) is 0 Å². The lowest BCUT2D eigenvalue weighted by atomic mass is 9.80. The van der Waals surface area contributed by atoms with Crippen molar-refractivity contribution < 1.29 is 52.2 Å². The lowest BCUT2D eigenvalue weighted by Crippen LogP contribution is -2.65. The van der Waals surface area contributed by atoms with Crippen molar-refractivity contribution in [2.75, 3.05) is 13.2 Å². The number of alkyl halides is 1. The minimum absolute atomic E-state index is 0.0738. The van der Waals surface area contributed by atoms with Crippen molar-refractivity contribution in [1.82, 2.24) is 21.3 Å². The number of benzene rings is 5. The normalized spacial score (nSPS) is 15.0. The van der Waals surface area contributed by atoms with Crippen LogP contribution in [-0.4, -0.2) is 83.6 Å². The fourth-order valence-electron chi connectivity index (χ4n) is 9.83. The second kappa shape index (κ2) is 23.3. The molecule has 2 aliphatic carbocycles. The number of hydrogen-bond donors (Lipinski definition) is 5. The molecule has 75 heavy (non-hydrogen) atoms. The Bertz CT molecular complexity index is 2840. The van der Waals surface area contributed by atoms with Crippen LogP contribution in [0.4, 0.5) is 9.18 Å². The molecule has 0 bridgehead atoms. The maximum Gasteiger partial charge on any atom is 0.407 e. The van der Waals surface area contributed by atoms with E-state index in [4.69, 9.17) is 19.9 Å². The third-order valence-electron chi connectivity index (χ3n) is 13.4. The summed E-state index contributed by atoms with van der Waals surface area (Å²) in [7, 11) is 0. The van der Waals surface area contributed by atoms with Crippen LogP contribution in [0.5, 0.6) is 0 Å². The molecule has 0 heterocycles.